The van der Waals surface area contributed by atoms with Gasteiger partial charge in [0.05, 0.1) is 0 Å². The second kappa shape index (κ2) is 8.10. The maximum Gasteiger partial charge on any atom is 0.323 e. The van der Waals surface area contributed by atoms with Crippen molar-refractivity contribution in [3.05, 3.63) is 12.7 Å². The van der Waals surface area contributed by atoms with Crippen LogP contribution in [0.25, 0.3) is 0 Å². The molecule has 0 rings (SSSR count). The quantitative estimate of drug-likeness (QED) is 0.615. The molecular weight excluding hydrogens is 238 g/mol. The molecule has 0 aromatic rings. The molecule has 0 fully saturated rings. The van der Waals surface area contributed by atoms with Gasteiger partial charge in [-0.25, -0.2) is 4.79 Å². The van der Waals surface area contributed by atoms with Crippen molar-refractivity contribution in [2.75, 3.05) is 33.2 Å². The fourth-order valence-electron chi connectivity index (χ4n) is 1.31. The number of aliphatic carboxylic acids is 1. The van der Waals surface area contributed by atoms with Crippen molar-refractivity contribution in [2.24, 2.45) is 0 Å². The number of likely N-dealkylation sites (N-methyl/N-ethyl adjacent to an activating group) is 2. The van der Waals surface area contributed by atoms with Crippen LogP contribution in [0.1, 0.15) is 6.92 Å². The van der Waals surface area contributed by atoms with Crippen molar-refractivity contribution in [3.8, 4) is 0 Å². The number of nitrogens with one attached hydrogen (secondary N) is 1. The van der Waals surface area contributed by atoms with Crippen LogP contribution in [0.2, 0.25) is 0 Å². The van der Waals surface area contributed by atoms with E-state index in [0.717, 1.165) is 9.80 Å². The summed E-state index contributed by atoms with van der Waals surface area (Å²) in [5.41, 5.74) is 0. The summed E-state index contributed by atoms with van der Waals surface area (Å²) in [5.74, 6) is -1.40. The summed E-state index contributed by atoms with van der Waals surface area (Å²) in [4.78, 5) is 36.0. The van der Waals surface area contributed by atoms with E-state index in [9.17, 15) is 14.4 Å². The van der Waals surface area contributed by atoms with Gasteiger partial charge in [-0.15, -0.1) is 6.58 Å². The van der Waals surface area contributed by atoms with Gasteiger partial charge in [-0.05, 0) is 6.92 Å². The summed E-state index contributed by atoms with van der Waals surface area (Å²) in [5, 5.41) is 11.2. The summed E-state index contributed by atoms with van der Waals surface area (Å²) in [6.07, 6.45) is 1.43. The van der Waals surface area contributed by atoms with Crippen molar-refractivity contribution >= 4 is 17.9 Å². The Morgan fingerprint density at radius 1 is 1.33 bits per heavy atom. The molecule has 0 aliphatic rings. The Labute approximate surface area is 106 Å². The third-order valence-corrected chi connectivity index (χ3v) is 2.03. The van der Waals surface area contributed by atoms with E-state index < -0.39 is 18.5 Å². The molecule has 0 bridgehead atoms. The number of amides is 3. The van der Waals surface area contributed by atoms with Gasteiger partial charge >= 0.3 is 12.0 Å². The van der Waals surface area contributed by atoms with Gasteiger partial charge in [0, 0.05) is 20.1 Å². The van der Waals surface area contributed by atoms with Crippen molar-refractivity contribution in [1.29, 1.82) is 0 Å². The highest BCUT2D eigenvalue weighted by Crippen LogP contribution is 1.97. The highest BCUT2D eigenvalue weighted by atomic mass is 16.4. The largest absolute Gasteiger partial charge is 0.480 e. The molecule has 0 unspecified atom stereocenters. The molecule has 102 valence electrons. The molecule has 0 spiro atoms. The summed E-state index contributed by atoms with van der Waals surface area (Å²) in [6.45, 7) is 5.28. The molecule has 7 heteroatoms. The van der Waals surface area contributed by atoms with E-state index in [4.69, 9.17) is 5.11 Å². The topological polar surface area (TPSA) is 90.0 Å². The molecule has 0 aromatic heterocycles. The van der Waals surface area contributed by atoms with E-state index in [-0.39, 0.29) is 19.0 Å². The number of carbonyl (C=O) groups is 3. The number of urea groups is 1. The van der Waals surface area contributed by atoms with Gasteiger partial charge in [0.15, 0.2) is 0 Å². The summed E-state index contributed by atoms with van der Waals surface area (Å²) in [7, 11) is 1.44. The lowest BCUT2D eigenvalue weighted by Gasteiger charge is -2.25. The van der Waals surface area contributed by atoms with Crippen LogP contribution in [0.5, 0.6) is 0 Å². The monoisotopic (exact) mass is 257 g/mol. The first-order valence-corrected chi connectivity index (χ1v) is 5.51. The lowest BCUT2D eigenvalue weighted by Crippen LogP contribution is -2.47. The maximum atomic E-state index is 11.9. The molecule has 3 amide bonds. The molecule has 0 heterocycles. The van der Waals surface area contributed by atoms with Crippen LogP contribution in [-0.4, -0.2) is 66.0 Å². The highest BCUT2D eigenvalue weighted by molar-refractivity contribution is 5.85. The van der Waals surface area contributed by atoms with Crippen LogP contribution in [0, 0.1) is 0 Å². The summed E-state index contributed by atoms with van der Waals surface area (Å²) in [6, 6.07) is -0.524. The Kier molecular flexibility index (Phi) is 7.18. The fraction of sp³-hybridized carbons (Fsp3) is 0.545. The number of rotatable bonds is 7. The van der Waals surface area contributed by atoms with Gasteiger partial charge in [0.2, 0.25) is 5.91 Å². The standard InChI is InChI=1S/C11H19N3O4/c1-4-6-14(8-10(16)17)11(18)13(3)7-9(15)12-5-2/h4H,1,5-8H2,2-3H3,(H,12,15)(H,16,17). The van der Waals surface area contributed by atoms with Crippen molar-refractivity contribution in [1.82, 2.24) is 15.1 Å². The van der Waals surface area contributed by atoms with Gasteiger partial charge in [0.25, 0.3) is 0 Å². The molecule has 0 saturated heterocycles. The van der Waals surface area contributed by atoms with Crippen molar-refractivity contribution in [3.63, 3.8) is 0 Å². The maximum absolute atomic E-state index is 11.9. The van der Waals surface area contributed by atoms with E-state index in [1.54, 1.807) is 6.92 Å². The molecule has 0 aromatic carbocycles. The average Bonchev–Trinajstić information content (AvgIpc) is 2.27. The zero-order valence-corrected chi connectivity index (χ0v) is 10.7. The summed E-state index contributed by atoms with van der Waals surface area (Å²) >= 11 is 0. The van der Waals surface area contributed by atoms with E-state index in [2.05, 4.69) is 11.9 Å². The number of nitrogens with zero attached hydrogens (tertiary/aromatic N) is 2. The van der Waals surface area contributed by atoms with Crippen LogP contribution >= 0.6 is 0 Å². The Balaban J connectivity index is 4.50. The minimum Gasteiger partial charge on any atom is -0.480 e. The molecule has 18 heavy (non-hydrogen) atoms. The van der Waals surface area contributed by atoms with Crippen LogP contribution in [0.15, 0.2) is 12.7 Å². The van der Waals surface area contributed by atoms with Gasteiger partial charge in [0.1, 0.15) is 13.1 Å². The molecule has 0 saturated carbocycles. The second-order valence-electron chi connectivity index (χ2n) is 3.66. The number of hydrogen-bond acceptors (Lipinski definition) is 3. The van der Waals surface area contributed by atoms with Gasteiger partial charge in [-0.1, -0.05) is 6.08 Å². The highest BCUT2D eigenvalue weighted by Gasteiger charge is 2.20. The lowest BCUT2D eigenvalue weighted by molar-refractivity contribution is -0.137. The Morgan fingerprint density at radius 2 is 1.94 bits per heavy atom. The number of carboxylic acid groups (broad SMARTS) is 1. The Hall–Kier alpha value is -2.05. The van der Waals surface area contributed by atoms with E-state index in [0.29, 0.717) is 6.54 Å². The zero-order valence-electron chi connectivity index (χ0n) is 10.7. The van der Waals surface area contributed by atoms with Crippen LogP contribution < -0.4 is 5.32 Å². The average molecular weight is 257 g/mol. The lowest BCUT2D eigenvalue weighted by atomic mass is 10.4. The van der Waals surface area contributed by atoms with E-state index in [1.807, 2.05) is 0 Å². The first-order chi connectivity index (χ1) is 8.42. The number of hydrogen-bond donors (Lipinski definition) is 2. The SMILES string of the molecule is C=CCN(CC(=O)O)C(=O)N(C)CC(=O)NCC. The Bertz CT molecular complexity index is 330. The molecule has 0 atom stereocenters. The van der Waals surface area contributed by atoms with E-state index in [1.165, 1.54) is 13.1 Å². The van der Waals surface area contributed by atoms with Gasteiger partial charge < -0.3 is 20.2 Å². The minimum absolute atomic E-state index is 0.111. The minimum atomic E-state index is -1.11. The smallest absolute Gasteiger partial charge is 0.323 e. The van der Waals surface area contributed by atoms with E-state index >= 15 is 0 Å². The van der Waals surface area contributed by atoms with Gasteiger partial charge in [-0.2, -0.15) is 0 Å². The second-order valence-corrected chi connectivity index (χ2v) is 3.66. The third-order valence-electron chi connectivity index (χ3n) is 2.03. The molecule has 0 aliphatic carbocycles. The number of carboxylic acids is 1. The van der Waals surface area contributed by atoms with Crippen LogP contribution in [-0.2, 0) is 9.59 Å². The first kappa shape index (κ1) is 16.0. The molecule has 0 radical (unpaired) electrons. The normalized spacial score (nSPS) is 9.44. The predicted molar refractivity (Wildman–Crippen MR) is 66.1 cm³/mol. The Morgan fingerprint density at radius 3 is 2.39 bits per heavy atom. The van der Waals surface area contributed by atoms with Crippen molar-refractivity contribution in [2.45, 2.75) is 6.92 Å². The van der Waals surface area contributed by atoms with Crippen LogP contribution in [0.4, 0.5) is 4.79 Å². The third kappa shape index (κ3) is 5.88. The predicted octanol–water partition coefficient (Wildman–Crippen LogP) is -0.253. The molecule has 0 aliphatic heterocycles. The molecule has 2 N–H and O–H groups in total. The zero-order chi connectivity index (χ0) is 14.1. The van der Waals surface area contributed by atoms with Crippen LogP contribution in [0.3, 0.4) is 0 Å². The molecule has 7 nitrogen and oxygen atoms in total. The fourth-order valence-corrected chi connectivity index (χ4v) is 1.31. The van der Waals surface area contributed by atoms with Crippen molar-refractivity contribution < 1.29 is 19.5 Å². The van der Waals surface area contributed by atoms with Gasteiger partial charge in [-0.3, -0.25) is 9.59 Å². The molecular formula is C11H19N3O4. The first-order valence-electron chi connectivity index (χ1n) is 5.51. The summed E-state index contributed by atoms with van der Waals surface area (Å²) < 4.78 is 0. The number of carbonyl (C=O) groups excluding carboxylic acids is 2.